The third-order valence-electron chi connectivity index (χ3n) is 4.33. The summed E-state index contributed by atoms with van der Waals surface area (Å²) >= 11 is 0. The van der Waals surface area contributed by atoms with Gasteiger partial charge < -0.3 is 15.2 Å². The van der Waals surface area contributed by atoms with E-state index in [2.05, 4.69) is 5.32 Å². The molecule has 0 aromatic heterocycles. The van der Waals surface area contributed by atoms with E-state index in [4.69, 9.17) is 0 Å². The number of allylic oxidation sites excluding steroid dienone is 2. The molecule has 0 saturated heterocycles. The molecule has 1 amide bonds. The molecule has 1 fully saturated rings. The van der Waals surface area contributed by atoms with E-state index in [9.17, 15) is 27.9 Å². The fraction of sp³-hybridized carbons (Fsp3) is 0.333. The number of anilines is 1. The van der Waals surface area contributed by atoms with Crippen molar-refractivity contribution in [2.75, 3.05) is 5.32 Å². The first-order valence-corrected chi connectivity index (χ1v) is 6.73. The van der Waals surface area contributed by atoms with Crippen molar-refractivity contribution < 1.29 is 27.9 Å². The van der Waals surface area contributed by atoms with E-state index in [-0.39, 0.29) is 11.8 Å². The molecule has 0 unspecified atom stereocenters. The topological polar surface area (TPSA) is 69.2 Å². The van der Waals surface area contributed by atoms with Crippen molar-refractivity contribution in [1.82, 2.24) is 0 Å². The van der Waals surface area contributed by atoms with Gasteiger partial charge in [0.25, 0.3) is 0 Å². The number of nitrogens with one attached hydrogen (secondary N) is 1. The summed E-state index contributed by atoms with van der Waals surface area (Å²) in [5, 5.41) is 13.4. The molecule has 4 nitrogen and oxygen atoms in total. The zero-order valence-corrected chi connectivity index (χ0v) is 11.2. The van der Waals surface area contributed by atoms with Crippen molar-refractivity contribution in [1.29, 1.82) is 0 Å². The van der Waals surface area contributed by atoms with E-state index >= 15 is 0 Å². The number of carbonyl (C=O) groups is 2. The maximum absolute atomic E-state index is 13.6. The summed E-state index contributed by atoms with van der Waals surface area (Å²) < 4.78 is 39.6. The molecule has 2 bridgehead atoms. The predicted molar refractivity (Wildman–Crippen MR) is 67.7 cm³/mol. The highest BCUT2D eigenvalue weighted by molar-refractivity contribution is 5.96. The maximum Gasteiger partial charge on any atom is 0.228 e. The molecule has 1 aromatic rings. The van der Waals surface area contributed by atoms with Crippen molar-refractivity contribution in [3.05, 3.63) is 41.7 Å². The zero-order valence-electron chi connectivity index (χ0n) is 11.2. The van der Waals surface area contributed by atoms with Crippen molar-refractivity contribution >= 4 is 17.6 Å². The third kappa shape index (κ3) is 2.17. The largest absolute Gasteiger partial charge is 0.550 e. The predicted octanol–water partition coefficient (Wildman–Crippen LogP) is 1.23. The fourth-order valence-electron chi connectivity index (χ4n) is 3.34. The van der Waals surface area contributed by atoms with Crippen LogP contribution in [0.5, 0.6) is 0 Å². The molecule has 0 spiro atoms. The second-order valence-corrected chi connectivity index (χ2v) is 5.53. The van der Waals surface area contributed by atoms with Gasteiger partial charge in [-0.25, -0.2) is 13.2 Å². The van der Waals surface area contributed by atoms with Gasteiger partial charge in [0, 0.05) is 11.9 Å². The monoisotopic (exact) mass is 310 g/mol. The average molecular weight is 310 g/mol. The third-order valence-corrected chi connectivity index (χ3v) is 4.33. The normalized spacial score (nSPS) is 28.9. The lowest BCUT2D eigenvalue weighted by atomic mass is 9.82. The first kappa shape index (κ1) is 14.6. The van der Waals surface area contributed by atoms with Gasteiger partial charge in [-0.15, -0.1) is 0 Å². The summed E-state index contributed by atoms with van der Waals surface area (Å²) in [4.78, 5) is 23.5. The van der Waals surface area contributed by atoms with Crippen molar-refractivity contribution in [2.24, 2.45) is 23.7 Å². The molecule has 7 heteroatoms. The second-order valence-electron chi connectivity index (χ2n) is 5.53. The lowest BCUT2D eigenvalue weighted by Crippen LogP contribution is -2.43. The van der Waals surface area contributed by atoms with E-state index in [1.54, 1.807) is 12.2 Å². The average Bonchev–Trinajstić information content (AvgIpc) is 3.08. The zero-order chi connectivity index (χ0) is 16.0. The van der Waals surface area contributed by atoms with Gasteiger partial charge in [-0.2, -0.15) is 0 Å². The van der Waals surface area contributed by atoms with Gasteiger partial charge in [0.15, 0.2) is 17.5 Å². The highest BCUT2D eigenvalue weighted by Crippen LogP contribution is 2.48. The lowest BCUT2D eigenvalue weighted by molar-refractivity contribution is -0.313. The molecule has 3 rings (SSSR count). The Morgan fingerprint density at radius 1 is 1.05 bits per heavy atom. The first-order chi connectivity index (χ1) is 10.4. The number of amides is 1. The van der Waals surface area contributed by atoms with E-state index in [0.29, 0.717) is 12.5 Å². The maximum atomic E-state index is 13.6. The summed E-state index contributed by atoms with van der Waals surface area (Å²) in [6.07, 6.45) is 3.99. The number of carboxylic acids is 1. The second kappa shape index (κ2) is 5.15. The van der Waals surface area contributed by atoms with Crippen LogP contribution in [-0.2, 0) is 9.59 Å². The minimum atomic E-state index is -1.69. The van der Waals surface area contributed by atoms with Crippen LogP contribution in [0.4, 0.5) is 18.9 Å². The Labute approximate surface area is 123 Å². The molecule has 116 valence electrons. The van der Waals surface area contributed by atoms with Gasteiger partial charge in [-0.05, 0) is 30.4 Å². The summed E-state index contributed by atoms with van der Waals surface area (Å²) in [6, 6.07) is 1.58. The molecule has 2 aliphatic rings. The van der Waals surface area contributed by atoms with Gasteiger partial charge in [0.2, 0.25) is 5.91 Å². The molecule has 0 heterocycles. The first-order valence-electron chi connectivity index (χ1n) is 6.73. The molecule has 1 aromatic carbocycles. The molecular weight excluding hydrogens is 299 g/mol. The van der Waals surface area contributed by atoms with Crippen LogP contribution in [0.1, 0.15) is 6.42 Å². The number of rotatable bonds is 3. The Bertz CT molecular complexity index is 689. The number of aliphatic carboxylic acids is 1. The molecule has 0 radical (unpaired) electrons. The Kier molecular flexibility index (Phi) is 3.42. The Morgan fingerprint density at radius 2 is 1.68 bits per heavy atom. The van der Waals surface area contributed by atoms with Gasteiger partial charge in [0.1, 0.15) is 0 Å². The van der Waals surface area contributed by atoms with Crippen LogP contribution >= 0.6 is 0 Å². The van der Waals surface area contributed by atoms with Crippen LogP contribution < -0.4 is 10.4 Å². The summed E-state index contributed by atoms with van der Waals surface area (Å²) in [7, 11) is 0. The minimum Gasteiger partial charge on any atom is -0.550 e. The smallest absolute Gasteiger partial charge is 0.228 e. The molecule has 1 saturated carbocycles. The van der Waals surface area contributed by atoms with Crippen molar-refractivity contribution in [2.45, 2.75) is 6.42 Å². The van der Waals surface area contributed by atoms with Gasteiger partial charge in [-0.1, -0.05) is 12.2 Å². The summed E-state index contributed by atoms with van der Waals surface area (Å²) in [6.45, 7) is 0. The molecule has 4 atom stereocenters. The van der Waals surface area contributed by atoms with Gasteiger partial charge in [0.05, 0.1) is 11.6 Å². The summed E-state index contributed by atoms with van der Waals surface area (Å²) in [5.74, 6) is -9.14. The highest BCUT2D eigenvalue weighted by Gasteiger charge is 2.48. The lowest BCUT2D eigenvalue weighted by Gasteiger charge is -2.27. The Hall–Kier alpha value is -2.31. The van der Waals surface area contributed by atoms with E-state index in [1.165, 1.54) is 0 Å². The Balaban J connectivity index is 1.85. The number of hydrogen-bond acceptors (Lipinski definition) is 3. The van der Waals surface area contributed by atoms with Crippen LogP contribution in [0.25, 0.3) is 0 Å². The van der Waals surface area contributed by atoms with Crippen LogP contribution in [0, 0.1) is 41.1 Å². The van der Waals surface area contributed by atoms with E-state index in [0.717, 1.165) is 6.07 Å². The van der Waals surface area contributed by atoms with Gasteiger partial charge in [-0.3, -0.25) is 4.79 Å². The number of carbonyl (C=O) groups excluding carboxylic acids is 2. The van der Waals surface area contributed by atoms with Crippen LogP contribution in [-0.4, -0.2) is 11.9 Å². The van der Waals surface area contributed by atoms with Crippen LogP contribution in [0.15, 0.2) is 24.3 Å². The highest BCUT2D eigenvalue weighted by atomic mass is 19.2. The number of hydrogen-bond donors (Lipinski definition) is 1. The van der Waals surface area contributed by atoms with Crippen molar-refractivity contribution in [3.63, 3.8) is 0 Å². The molecule has 0 aliphatic heterocycles. The SMILES string of the molecule is O=C([O-])[C@@H]1[C@H](C(=O)Nc2ccc(F)c(F)c2F)[C@@H]2C=C[C@H]1C2. The van der Waals surface area contributed by atoms with E-state index < -0.39 is 46.9 Å². The molecule has 2 aliphatic carbocycles. The molecule has 1 N–H and O–H groups in total. The number of fused-ring (bicyclic) bond motifs is 2. The van der Waals surface area contributed by atoms with Crippen LogP contribution in [0.3, 0.4) is 0 Å². The molecule has 22 heavy (non-hydrogen) atoms. The standard InChI is InChI=1S/C15H12F3NO3/c16-8-3-4-9(13(18)12(8)17)19-14(20)10-6-1-2-7(5-6)11(10)15(21)22/h1-4,6-7,10-11H,5H2,(H,19,20)(H,21,22)/p-1/t6-,7+,10-,11+/m1/s1. The number of benzene rings is 1. The number of halogens is 3. The van der Waals surface area contributed by atoms with E-state index in [1.807, 2.05) is 0 Å². The number of carboxylic acid groups (broad SMARTS) is 1. The van der Waals surface area contributed by atoms with Crippen molar-refractivity contribution in [3.8, 4) is 0 Å². The molecular formula is C15H11F3NO3-. The quantitative estimate of drug-likeness (QED) is 0.674. The van der Waals surface area contributed by atoms with Gasteiger partial charge >= 0.3 is 0 Å². The fourth-order valence-corrected chi connectivity index (χ4v) is 3.34. The Morgan fingerprint density at radius 3 is 2.32 bits per heavy atom. The van der Waals surface area contributed by atoms with Crippen LogP contribution in [0.2, 0.25) is 0 Å². The minimum absolute atomic E-state index is 0.277. The summed E-state index contributed by atoms with van der Waals surface area (Å²) in [5.41, 5.74) is -0.521.